The molecular formula is C10H12N4O. The van der Waals surface area contributed by atoms with Crippen molar-refractivity contribution in [1.82, 2.24) is 10.3 Å². The number of hydrogen-bond acceptors (Lipinski definition) is 4. The van der Waals surface area contributed by atoms with Gasteiger partial charge in [-0.1, -0.05) is 0 Å². The number of aromatic nitrogens is 1. The van der Waals surface area contributed by atoms with Crippen LogP contribution in [-0.2, 0) is 4.79 Å². The molecule has 0 radical (unpaired) electrons. The highest BCUT2D eigenvalue weighted by atomic mass is 16.1. The molecule has 0 aliphatic heterocycles. The summed E-state index contributed by atoms with van der Waals surface area (Å²) in [7, 11) is 1.60. The lowest BCUT2D eigenvalue weighted by atomic mass is 10.3. The summed E-state index contributed by atoms with van der Waals surface area (Å²) in [5.41, 5.74) is 1.18. The third-order valence-corrected chi connectivity index (χ3v) is 1.84. The van der Waals surface area contributed by atoms with E-state index in [1.165, 1.54) is 0 Å². The zero-order valence-corrected chi connectivity index (χ0v) is 8.45. The molecule has 0 aromatic carbocycles. The number of hydrogen-bond donors (Lipinski definition) is 2. The highest BCUT2D eigenvalue weighted by molar-refractivity contribution is 5.76. The fourth-order valence-corrected chi connectivity index (χ4v) is 1.01. The van der Waals surface area contributed by atoms with E-state index in [2.05, 4.69) is 15.6 Å². The molecule has 1 rings (SSSR count). The summed E-state index contributed by atoms with van der Waals surface area (Å²) in [5, 5.41) is 14.1. The largest absolute Gasteiger partial charge is 0.383 e. The van der Waals surface area contributed by atoms with Crippen molar-refractivity contribution in [2.24, 2.45) is 0 Å². The predicted molar refractivity (Wildman–Crippen MR) is 56.1 cm³/mol. The molecule has 1 aromatic heterocycles. The molecule has 1 aromatic rings. The van der Waals surface area contributed by atoms with E-state index in [0.29, 0.717) is 18.7 Å². The van der Waals surface area contributed by atoms with Crippen LogP contribution in [0, 0.1) is 11.3 Å². The van der Waals surface area contributed by atoms with E-state index in [4.69, 9.17) is 5.26 Å². The van der Waals surface area contributed by atoms with E-state index >= 15 is 0 Å². The minimum Gasteiger partial charge on any atom is -0.383 e. The molecule has 0 saturated heterocycles. The summed E-state index contributed by atoms with van der Waals surface area (Å²) >= 11 is 0. The van der Waals surface area contributed by atoms with Gasteiger partial charge < -0.3 is 10.6 Å². The second-order valence-corrected chi connectivity index (χ2v) is 2.89. The van der Waals surface area contributed by atoms with Crippen LogP contribution in [-0.4, -0.2) is 24.5 Å². The number of pyridine rings is 1. The van der Waals surface area contributed by atoms with Gasteiger partial charge in [0.1, 0.15) is 11.8 Å². The first-order valence-electron chi connectivity index (χ1n) is 4.57. The lowest BCUT2D eigenvalue weighted by molar-refractivity contribution is -0.120. The topological polar surface area (TPSA) is 77.8 Å². The van der Waals surface area contributed by atoms with E-state index in [-0.39, 0.29) is 5.91 Å². The summed E-state index contributed by atoms with van der Waals surface area (Å²) in [5.74, 6) is -0.0101. The molecule has 0 atom stereocenters. The molecule has 78 valence electrons. The Hall–Kier alpha value is -2.09. The standard InChI is InChI=1S/C10H12N4O/c1-12-10(15)4-5-13-9-3-2-8(6-11)14-7-9/h2-3,7,13H,4-5H2,1H3,(H,12,15). The fraction of sp³-hybridized carbons (Fsp3) is 0.300. The zero-order valence-electron chi connectivity index (χ0n) is 8.45. The van der Waals surface area contributed by atoms with E-state index in [0.717, 1.165) is 5.69 Å². The first kappa shape index (κ1) is 11.0. The van der Waals surface area contributed by atoms with Crippen molar-refractivity contribution in [3.05, 3.63) is 24.0 Å². The van der Waals surface area contributed by atoms with E-state index in [9.17, 15) is 4.79 Å². The van der Waals surface area contributed by atoms with Gasteiger partial charge >= 0.3 is 0 Å². The van der Waals surface area contributed by atoms with Crippen LogP contribution in [0.1, 0.15) is 12.1 Å². The Balaban J connectivity index is 2.38. The minimum atomic E-state index is -0.0101. The Morgan fingerprint density at radius 3 is 2.93 bits per heavy atom. The maximum atomic E-state index is 10.9. The number of carbonyl (C=O) groups excluding carboxylic acids is 1. The van der Waals surface area contributed by atoms with Crippen LogP contribution >= 0.6 is 0 Å². The summed E-state index contributed by atoms with van der Waals surface area (Å²) in [4.78, 5) is 14.8. The van der Waals surface area contributed by atoms with Crippen LogP contribution in [0.4, 0.5) is 5.69 Å². The predicted octanol–water partition coefficient (Wildman–Crippen LogP) is 0.501. The van der Waals surface area contributed by atoms with Gasteiger partial charge in [0.15, 0.2) is 0 Å². The van der Waals surface area contributed by atoms with Crippen molar-refractivity contribution in [3.63, 3.8) is 0 Å². The molecule has 0 fully saturated rings. The molecule has 5 nitrogen and oxygen atoms in total. The average Bonchev–Trinajstić information content (AvgIpc) is 2.29. The summed E-state index contributed by atoms with van der Waals surface area (Å²) in [6.07, 6.45) is 1.99. The van der Waals surface area contributed by atoms with Crippen molar-refractivity contribution in [2.45, 2.75) is 6.42 Å². The molecule has 1 amide bonds. The van der Waals surface area contributed by atoms with E-state index in [1.807, 2.05) is 6.07 Å². The van der Waals surface area contributed by atoms with E-state index < -0.39 is 0 Å². The zero-order chi connectivity index (χ0) is 11.1. The second-order valence-electron chi connectivity index (χ2n) is 2.89. The molecule has 2 N–H and O–H groups in total. The van der Waals surface area contributed by atoms with E-state index in [1.54, 1.807) is 25.4 Å². The number of amides is 1. The van der Waals surface area contributed by atoms with Gasteiger partial charge in [0, 0.05) is 20.0 Å². The number of anilines is 1. The highest BCUT2D eigenvalue weighted by Gasteiger charge is 1.97. The minimum absolute atomic E-state index is 0.0101. The van der Waals surface area contributed by atoms with Gasteiger partial charge in [-0.3, -0.25) is 4.79 Å². The Kier molecular flexibility index (Phi) is 4.10. The number of carbonyl (C=O) groups is 1. The van der Waals surface area contributed by atoms with Gasteiger partial charge in [0.25, 0.3) is 0 Å². The summed E-state index contributed by atoms with van der Waals surface area (Å²) in [6.45, 7) is 0.549. The molecule has 0 aliphatic carbocycles. The Labute approximate surface area is 88.1 Å². The number of nitrogens with zero attached hydrogens (tertiary/aromatic N) is 2. The average molecular weight is 204 g/mol. The molecule has 0 spiro atoms. The van der Waals surface area contributed by atoms with Crippen LogP contribution in [0.3, 0.4) is 0 Å². The molecule has 15 heavy (non-hydrogen) atoms. The van der Waals surface area contributed by atoms with Gasteiger partial charge in [-0.25, -0.2) is 4.98 Å². The number of rotatable bonds is 4. The van der Waals surface area contributed by atoms with Crippen molar-refractivity contribution in [1.29, 1.82) is 5.26 Å². The molecule has 5 heteroatoms. The van der Waals surface area contributed by atoms with Gasteiger partial charge in [-0.05, 0) is 12.1 Å². The van der Waals surface area contributed by atoms with Crippen molar-refractivity contribution >= 4 is 11.6 Å². The summed E-state index contributed by atoms with van der Waals surface area (Å²) in [6, 6.07) is 5.32. The molecular weight excluding hydrogens is 192 g/mol. The lowest BCUT2D eigenvalue weighted by Gasteiger charge is -2.04. The van der Waals surface area contributed by atoms with Crippen LogP contribution < -0.4 is 10.6 Å². The molecule has 0 bridgehead atoms. The molecule has 0 saturated carbocycles. The normalized spacial score (nSPS) is 9.07. The first-order chi connectivity index (χ1) is 7.26. The number of nitrogens with one attached hydrogen (secondary N) is 2. The van der Waals surface area contributed by atoms with Crippen molar-refractivity contribution in [2.75, 3.05) is 18.9 Å². The van der Waals surface area contributed by atoms with Crippen molar-refractivity contribution < 1.29 is 4.79 Å². The van der Waals surface area contributed by atoms with Crippen LogP contribution in [0.25, 0.3) is 0 Å². The SMILES string of the molecule is CNC(=O)CCNc1ccc(C#N)nc1. The monoisotopic (exact) mass is 204 g/mol. The Bertz CT molecular complexity index is 366. The van der Waals surface area contributed by atoms with Gasteiger partial charge in [-0.15, -0.1) is 0 Å². The smallest absolute Gasteiger partial charge is 0.221 e. The first-order valence-corrected chi connectivity index (χ1v) is 4.57. The van der Waals surface area contributed by atoms with Gasteiger partial charge in [0.2, 0.25) is 5.91 Å². The lowest BCUT2D eigenvalue weighted by Crippen LogP contribution is -2.20. The van der Waals surface area contributed by atoms with Crippen LogP contribution in [0.5, 0.6) is 0 Å². The third-order valence-electron chi connectivity index (χ3n) is 1.84. The third kappa shape index (κ3) is 3.65. The van der Waals surface area contributed by atoms with Crippen LogP contribution in [0.15, 0.2) is 18.3 Å². The van der Waals surface area contributed by atoms with Gasteiger partial charge in [-0.2, -0.15) is 5.26 Å². The van der Waals surface area contributed by atoms with Crippen LogP contribution in [0.2, 0.25) is 0 Å². The maximum Gasteiger partial charge on any atom is 0.221 e. The van der Waals surface area contributed by atoms with Gasteiger partial charge in [0.05, 0.1) is 11.9 Å². The second kappa shape index (κ2) is 5.60. The highest BCUT2D eigenvalue weighted by Crippen LogP contribution is 2.04. The maximum absolute atomic E-state index is 10.9. The summed E-state index contributed by atoms with van der Waals surface area (Å²) < 4.78 is 0. The fourth-order valence-electron chi connectivity index (χ4n) is 1.01. The Morgan fingerprint density at radius 2 is 2.40 bits per heavy atom. The molecule has 0 unspecified atom stereocenters. The Morgan fingerprint density at radius 1 is 1.60 bits per heavy atom. The molecule has 0 aliphatic rings. The molecule has 1 heterocycles. The quantitative estimate of drug-likeness (QED) is 0.748. The number of nitriles is 1. The van der Waals surface area contributed by atoms with Crippen molar-refractivity contribution in [3.8, 4) is 6.07 Å².